The van der Waals surface area contributed by atoms with Gasteiger partial charge in [0.05, 0.1) is 12.9 Å². The van der Waals surface area contributed by atoms with E-state index in [1.54, 1.807) is 6.33 Å². The molecule has 2 aliphatic heterocycles. The van der Waals surface area contributed by atoms with Crippen molar-refractivity contribution in [3.8, 4) is 5.75 Å². The van der Waals surface area contributed by atoms with Crippen molar-refractivity contribution in [1.82, 2.24) is 24.4 Å². The molecule has 2 aromatic heterocycles. The quantitative estimate of drug-likeness (QED) is 0.555. The summed E-state index contributed by atoms with van der Waals surface area (Å²) in [7, 11) is 0. The number of para-hydroxylation sites is 1. The fourth-order valence-corrected chi connectivity index (χ4v) is 4.76. The summed E-state index contributed by atoms with van der Waals surface area (Å²) in [4.78, 5) is 18.6. The van der Waals surface area contributed by atoms with E-state index >= 15 is 0 Å². The lowest BCUT2D eigenvalue weighted by molar-refractivity contribution is 0.139. The van der Waals surface area contributed by atoms with Crippen molar-refractivity contribution in [3.05, 3.63) is 43.0 Å². The molecule has 4 heterocycles. The minimum absolute atomic E-state index is 0.662. The summed E-state index contributed by atoms with van der Waals surface area (Å²) in [5.74, 6) is 2.64. The minimum atomic E-state index is 0.662. The van der Waals surface area contributed by atoms with Crippen LogP contribution in [0.3, 0.4) is 0 Å². The molecule has 2 aliphatic rings. The van der Waals surface area contributed by atoms with Crippen LogP contribution in [0.25, 0.3) is 11.2 Å². The van der Waals surface area contributed by atoms with Crippen molar-refractivity contribution in [2.45, 2.75) is 38.6 Å². The number of hydrogen-bond acceptors (Lipinski definition) is 6. The maximum Gasteiger partial charge on any atom is 0.165 e. The Labute approximate surface area is 184 Å². The average molecular weight is 421 g/mol. The summed E-state index contributed by atoms with van der Waals surface area (Å²) in [6.45, 7) is 7.37. The van der Waals surface area contributed by atoms with Gasteiger partial charge in [-0.25, -0.2) is 15.0 Å². The first-order valence-corrected chi connectivity index (χ1v) is 11.7. The molecule has 0 unspecified atom stereocenters. The molecule has 1 aromatic carbocycles. The molecule has 0 amide bonds. The van der Waals surface area contributed by atoms with Crippen LogP contribution < -0.4 is 9.64 Å². The lowest BCUT2D eigenvalue weighted by Gasteiger charge is -2.31. The number of aryl methyl sites for hydroxylation is 1. The third-order valence-electron chi connectivity index (χ3n) is 6.60. The number of aromatic nitrogens is 4. The SMILES string of the molecule is c1ccc(OCC2CCN(CCCn3cnc4c(N5CCCC5)ncnc43)CC2)cc1. The summed E-state index contributed by atoms with van der Waals surface area (Å²) in [5.41, 5.74) is 1.91. The van der Waals surface area contributed by atoms with Crippen molar-refractivity contribution in [2.24, 2.45) is 5.92 Å². The highest BCUT2D eigenvalue weighted by molar-refractivity contribution is 5.83. The van der Waals surface area contributed by atoms with Gasteiger partial charge in [-0.3, -0.25) is 0 Å². The Morgan fingerprint density at radius 3 is 2.52 bits per heavy atom. The molecular formula is C24H32N6O. The predicted octanol–water partition coefficient (Wildman–Crippen LogP) is 3.61. The lowest BCUT2D eigenvalue weighted by atomic mass is 9.97. The summed E-state index contributed by atoms with van der Waals surface area (Å²) in [6.07, 6.45) is 9.64. The summed E-state index contributed by atoms with van der Waals surface area (Å²) < 4.78 is 8.15. The smallest absolute Gasteiger partial charge is 0.165 e. The second-order valence-electron chi connectivity index (χ2n) is 8.76. The van der Waals surface area contributed by atoms with E-state index in [4.69, 9.17) is 4.74 Å². The third kappa shape index (κ3) is 4.82. The van der Waals surface area contributed by atoms with E-state index in [0.717, 1.165) is 75.0 Å². The lowest BCUT2D eigenvalue weighted by Crippen LogP contribution is -2.36. The molecule has 0 N–H and O–H groups in total. The van der Waals surface area contributed by atoms with E-state index in [1.807, 2.05) is 36.7 Å². The Balaban J connectivity index is 1.08. The molecule has 164 valence electrons. The van der Waals surface area contributed by atoms with E-state index in [2.05, 4.69) is 29.3 Å². The predicted molar refractivity (Wildman–Crippen MR) is 122 cm³/mol. The molecule has 7 heteroatoms. The van der Waals surface area contributed by atoms with Crippen LogP contribution in [0.4, 0.5) is 5.82 Å². The van der Waals surface area contributed by atoms with Gasteiger partial charge in [0.1, 0.15) is 12.1 Å². The fraction of sp³-hybridized carbons (Fsp3) is 0.542. The highest BCUT2D eigenvalue weighted by Crippen LogP contribution is 2.25. The molecule has 0 aliphatic carbocycles. The van der Waals surface area contributed by atoms with Gasteiger partial charge in [0, 0.05) is 19.6 Å². The van der Waals surface area contributed by atoms with Crippen LogP contribution >= 0.6 is 0 Å². The molecule has 0 saturated carbocycles. The molecule has 7 nitrogen and oxygen atoms in total. The molecule has 2 fully saturated rings. The molecule has 3 aromatic rings. The zero-order chi connectivity index (χ0) is 20.9. The number of piperidine rings is 1. The van der Waals surface area contributed by atoms with E-state index in [-0.39, 0.29) is 0 Å². The average Bonchev–Trinajstić information content (AvgIpc) is 3.50. The zero-order valence-electron chi connectivity index (χ0n) is 18.2. The number of ether oxygens (including phenoxy) is 1. The zero-order valence-corrected chi connectivity index (χ0v) is 18.2. The van der Waals surface area contributed by atoms with Crippen LogP contribution in [0.1, 0.15) is 32.1 Å². The van der Waals surface area contributed by atoms with Crippen LogP contribution in [0.15, 0.2) is 43.0 Å². The highest BCUT2D eigenvalue weighted by atomic mass is 16.5. The second-order valence-corrected chi connectivity index (χ2v) is 8.76. The van der Waals surface area contributed by atoms with E-state index in [0.29, 0.717) is 5.92 Å². The second kappa shape index (κ2) is 9.64. The maximum absolute atomic E-state index is 5.95. The number of anilines is 1. The van der Waals surface area contributed by atoms with Gasteiger partial charge in [0.15, 0.2) is 17.0 Å². The van der Waals surface area contributed by atoms with Gasteiger partial charge < -0.3 is 19.1 Å². The summed E-state index contributed by atoms with van der Waals surface area (Å²) in [5, 5.41) is 0. The number of benzene rings is 1. The first-order valence-electron chi connectivity index (χ1n) is 11.7. The van der Waals surface area contributed by atoms with Crippen molar-refractivity contribution >= 4 is 17.0 Å². The normalized spacial score (nSPS) is 18.1. The number of fused-ring (bicyclic) bond motifs is 1. The Bertz CT molecular complexity index is 961. The molecule has 0 atom stereocenters. The molecular weight excluding hydrogens is 388 g/mol. The van der Waals surface area contributed by atoms with Crippen molar-refractivity contribution in [2.75, 3.05) is 44.2 Å². The van der Waals surface area contributed by atoms with Gasteiger partial charge in [-0.05, 0) is 69.8 Å². The maximum atomic E-state index is 5.95. The van der Waals surface area contributed by atoms with Gasteiger partial charge in [0.2, 0.25) is 0 Å². The number of imidazole rings is 1. The number of rotatable bonds is 8. The number of nitrogens with zero attached hydrogens (tertiary/aromatic N) is 6. The monoisotopic (exact) mass is 420 g/mol. The van der Waals surface area contributed by atoms with Crippen LogP contribution in [-0.2, 0) is 6.54 Å². The molecule has 0 radical (unpaired) electrons. The van der Waals surface area contributed by atoms with Gasteiger partial charge in [-0.15, -0.1) is 0 Å². The first kappa shape index (κ1) is 20.2. The Kier molecular flexibility index (Phi) is 6.30. The molecule has 0 bridgehead atoms. The van der Waals surface area contributed by atoms with Gasteiger partial charge >= 0.3 is 0 Å². The standard InChI is InChI=1S/C24H32N6O/c1-2-7-21(8-3-1)31-17-20-9-15-28(16-10-20)11-6-14-30-19-27-22-23(25-18-26-24(22)30)29-12-4-5-13-29/h1-3,7-8,18-20H,4-6,9-17H2. The van der Waals surface area contributed by atoms with Gasteiger partial charge in [-0.1, -0.05) is 18.2 Å². The van der Waals surface area contributed by atoms with E-state index in [9.17, 15) is 0 Å². The summed E-state index contributed by atoms with van der Waals surface area (Å²) >= 11 is 0. The van der Waals surface area contributed by atoms with E-state index in [1.165, 1.54) is 25.7 Å². The largest absolute Gasteiger partial charge is 0.493 e. The number of hydrogen-bond donors (Lipinski definition) is 0. The van der Waals surface area contributed by atoms with Crippen LogP contribution in [0.5, 0.6) is 5.75 Å². The van der Waals surface area contributed by atoms with Crippen LogP contribution in [0, 0.1) is 5.92 Å². The Morgan fingerprint density at radius 1 is 0.903 bits per heavy atom. The molecule has 5 rings (SSSR count). The molecule has 0 spiro atoms. The highest BCUT2D eigenvalue weighted by Gasteiger charge is 2.21. The van der Waals surface area contributed by atoms with Gasteiger partial charge in [-0.2, -0.15) is 0 Å². The third-order valence-corrected chi connectivity index (χ3v) is 6.60. The molecule has 2 saturated heterocycles. The summed E-state index contributed by atoms with van der Waals surface area (Å²) in [6, 6.07) is 10.2. The first-order chi connectivity index (χ1) is 15.4. The Hall–Kier alpha value is -2.67. The van der Waals surface area contributed by atoms with Crippen LogP contribution in [0.2, 0.25) is 0 Å². The minimum Gasteiger partial charge on any atom is -0.493 e. The van der Waals surface area contributed by atoms with Crippen LogP contribution in [-0.4, -0.2) is 63.7 Å². The fourth-order valence-electron chi connectivity index (χ4n) is 4.76. The van der Waals surface area contributed by atoms with E-state index < -0.39 is 0 Å². The number of likely N-dealkylation sites (tertiary alicyclic amines) is 1. The van der Waals surface area contributed by atoms with Crippen molar-refractivity contribution in [1.29, 1.82) is 0 Å². The van der Waals surface area contributed by atoms with Crippen molar-refractivity contribution in [3.63, 3.8) is 0 Å². The molecule has 31 heavy (non-hydrogen) atoms. The van der Waals surface area contributed by atoms with Gasteiger partial charge in [0.25, 0.3) is 0 Å². The topological polar surface area (TPSA) is 59.3 Å². The Morgan fingerprint density at radius 2 is 1.71 bits per heavy atom. The van der Waals surface area contributed by atoms with Crippen molar-refractivity contribution < 1.29 is 4.74 Å².